The molecule has 96 valence electrons. The molecule has 0 amide bonds. The van der Waals surface area contributed by atoms with Crippen LogP contribution in [0, 0.1) is 0 Å². The van der Waals surface area contributed by atoms with Gasteiger partial charge in [-0.3, -0.25) is 0 Å². The van der Waals surface area contributed by atoms with Crippen LogP contribution in [-0.2, 0) is 22.8 Å². The number of aromatic nitrogens is 1. The molecule has 1 aromatic heterocycles. The van der Waals surface area contributed by atoms with Crippen LogP contribution in [0.15, 0.2) is 10.7 Å². The van der Waals surface area contributed by atoms with Crippen LogP contribution in [-0.4, -0.2) is 30.9 Å². The van der Waals surface area contributed by atoms with E-state index in [1.807, 2.05) is 6.92 Å². The third kappa shape index (κ3) is 3.54. The Bertz CT molecular complexity index is 467. The standard InChI is InChI=1S/C11H18N2O3S/c1-2-11-13-10(7-16-11)6-12-9-4-3-5-17(14,15)8-9/h7,9,12H,2-6,8H2,1H3. The Labute approximate surface area is 102 Å². The largest absolute Gasteiger partial charge is 0.449 e. The molecule has 0 radical (unpaired) electrons. The second kappa shape index (κ2) is 5.18. The van der Waals surface area contributed by atoms with Gasteiger partial charge in [-0.05, 0) is 12.8 Å². The first kappa shape index (κ1) is 12.6. The molecule has 0 saturated carbocycles. The van der Waals surface area contributed by atoms with Crippen molar-refractivity contribution in [3.8, 4) is 0 Å². The van der Waals surface area contributed by atoms with E-state index in [0.717, 1.165) is 30.8 Å². The van der Waals surface area contributed by atoms with Gasteiger partial charge in [0.25, 0.3) is 0 Å². The van der Waals surface area contributed by atoms with E-state index in [9.17, 15) is 8.42 Å². The second-order valence-corrected chi connectivity index (χ2v) is 6.65. The van der Waals surface area contributed by atoms with Crippen LogP contribution in [0.4, 0.5) is 0 Å². The van der Waals surface area contributed by atoms with Gasteiger partial charge in [0.05, 0.1) is 17.2 Å². The van der Waals surface area contributed by atoms with E-state index in [4.69, 9.17) is 4.42 Å². The van der Waals surface area contributed by atoms with Gasteiger partial charge in [0, 0.05) is 19.0 Å². The van der Waals surface area contributed by atoms with Gasteiger partial charge in [0.1, 0.15) is 6.26 Å². The molecule has 0 aliphatic carbocycles. The molecule has 0 aromatic carbocycles. The van der Waals surface area contributed by atoms with Crippen LogP contribution in [0.2, 0.25) is 0 Å². The van der Waals surface area contributed by atoms with Crippen LogP contribution in [0.3, 0.4) is 0 Å². The maximum Gasteiger partial charge on any atom is 0.193 e. The fourth-order valence-electron chi connectivity index (χ4n) is 2.03. The highest BCUT2D eigenvalue weighted by Gasteiger charge is 2.24. The lowest BCUT2D eigenvalue weighted by Gasteiger charge is -2.22. The summed E-state index contributed by atoms with van der Waals surface area (Å²) in [4.78, 5) is 4.27. The fourth-order valence-corrected chi connectivity index (χ4v) is 3.70. The van der Waals surface area contributed by atoms with Crippen LogP contribution < -0.4 is 5.32 Å². The van der Waals surface area contributed by atoms with Crippen molar-refractivity contribution in [2.24, 2.45) is 0 Å². The Balaban J connectivity index is 1.85. The maximum atomic E-state index is 11.4. The number of hydrogen-bond donors (Lipinski definition) is 1. The van der Waals surface area contributed by atoms with Crippen molar-refractivity contribution < 1.29 is 12.8 Å². The van der Waals surface area contributed by atoms with Crippen molar-refractivity contribution in [2.75, 3.05) is 11.5 Å². The number of aryl methyl sites for hydroxylation is 1. The normalized spacial score (nSPS) is 23.7. The minimum absolute atomic E-state index is 0.0514. The number of hydrogen-bond acceptors (Lipinski definition) is 5. The predicted octanol–water partition coefficient (Wildman–Crippen LogP) is 0.904. The smallest absolute Gasteiger partial charge is 0.193 e. The average molecular weight is 258 g/mol. The van der Waals surface area contributed by atoms with Crippen molar-refractivity contribution in [2.45, 2.75) is 38.8 Å². The molecule has 6 heteroatoms. The van der Waals surface area contributed by atoms with Crippen molar-refractivity contribution in [1.29, 1.82) is 0 Å². The molecule has 1 N–H and O–H groups in total. The lowest BCUT2D eigenvalue weighted by Crippen LogP contribution is -2.39. The van der Waals surface area contributed by atoms with Gasteiger partial charge >= 0.3 is 0 Å². The topological polar surface area (TPSA) is 72.2 Å². The zero-order valence-electron chi connectivity index (χ0n) is 9.98. The highest BCUT2D eigenvalue weighted by atomic mass is 32.2. The van der Waals surface area contributed by atoms with Crippen molar-refractivity contribution in [3.63, 3.8) is 0 Å². The zero-order valence-corrected chi connectivity index (χ0v) is 10.8. The Morgan fingerprint density at radius 3 is 3.06 bits per heavy atom. The summed E-state index contributed by atoms with van der Waals surface area (Å²) in [6.07, 6.45) is 4.07. The van der Waals surface area contributed by atoms with E-state index in [0.29, 0.717) is 12.3 Å². The molecule has 5 nitrogen and oxygen atoms in total. The molecule has 1 aliphatic rings. The van der Waals surface area contributed by atoms with Crippen molar-refractivity contribution in [3.05, 3.63) is 17.8 Å². The molecule has 1 aliphatic heterocycles. The first-order valence-corrected chi connectivity index (χ1v) is 7.78. The summed E-state index contributed by atoms with van der Waals surface area (Å²) in [5, 5.41) is 3.23. The number of oxazole rings is 1. The Hall–Kier alpha value is -0.880. The van der Waals surface area contributed by atoms with E-state index >= 15 is 0 Å². The molecule has 1 unspecified atom stereocenters. The summed E-state index contributed by atoms with van der Waals surface area (Å²) < 4.78 is 28.1. The minimum atomic E-state index is -2.84. The summed E-state index contributed by atoms with van der Waals surface area (Å²) in [6, 6.07) is 0.0514. The number of sulfone groups is 1. The quantitative estimate of drug-likeness (QED) is 0.869. The van der Waals surface area contributed by atoms with Gasteiger partial charge < -0.3 is 9.73 Å². The maximum absolute atomic E-state index is 11.4. The Morgan fingerprint density at radius 1 is 1.59 bits per heavy atom. The summed E-state index contributed by atoms with van der Waals surface area (Å²) in [7, 11) is -2.84. The van der Waals surface area contributed by atoms with Crippen LogP contribution in [0.1, 0.15) is 31.4 Å². The molecular weight excluding hydrogens is 240 g/mol. The summed E-state index contributed by atoms with van der Waals surface area (Å²) in [5.41, 5.74) is 0.838. The summed E-state index contributed by atoms with van der Waals surface area (Å²) >= 11 is 0. The molecule has 2 heterocycles. The highest BCUT2D eigenvalue weighted by molar-refractivity contribution is 7.91. The van der Waals surface area contributed by atoms with Crippen LogP contribution in [0.5, 0.6) is 0 Å². The molecule has 17 heavy (non-hydrogen) atoms. The lowest BCUT2D eigenvalue weighted by molar-refractivity contribution is 0.476. The number of nitrogens with zero attached hydrogens (tertiary/aromatic N) is 1. The van der Waals surface area contributed by atoms with Gasteiger partial charge in [-0.2, -0.15) is 0 Å². The lowest BCUT2D eigenvalue weighted by atomic mass is 10.2. The van der Waals surface area contributed by atoms with Gasteiger partial charge in [-0.1, -0.05) is 6.92 Å². The van der Waals surface area contributed by atoms with Crippen molar-refractivity contribution in [1.82, 2.24) is 10.3 Å². The van der Waals surface area contributed by atoms with Gasteiger partial charge in [0.15, 0.2) is 15.7 Å². The number of nitrogens with one attached hydrogen (secondary N) is 1. The molecular formula is C11H18N2O3S. The molecule has 1 aromatic rings. The number of rotatable bonds is 4. The SMILES string of the molecule is CCc1nc(CNC2CCCS(=O)(=O)C2)co1. The van der Waals surface area contributed by atoms with Gasteiger partial charge in [-0.25, -0.2) is 13.4 Å². The first-order valence-electron chi connectivity index (χ1n) is 5.96. The predicted molar refractivity (Wildman–Crippen MR) is 64.4 cm³/mol. The Kier molecular flexibility index (Phi) is 3.83. The minimum Gasteiger partial charge on any atom is -0.449 e. The monoisotopic (exact) mass is 258 g/mol. The zero-order chi connectivity index (χ0) is 12.3. The Morgan fingerprint density at radius 2 is 2.41 bits per heavy atom. The molecule has 0 bridgehead atoms. The summed E-state index contributed by atoms with van der Waals surface area (Å²) in [5.74, 6) is 1.29. The van der Waals surface area contributed by atoms with E-state index < -0.39 is 9.84 Å². The molecule has 1 saturated heterocycles. The summed E-state index contributed by atoms with van der Waals surface area (Å²) in [6.45, 7) is 2.56. The van der Waals surface area contributed by atoms with Crippen LogP contribution in [0.25, 0.3) is 0 Å². The van der Waals surface area contributed by atoms with E-state index in [2.05, 4.69) is 10.3 Å². The van der Waals surface area contributed by atoms with Crippen LogP contribution >= 0.6 is 0 Å². The third-order valence-corrected chi connectivity index (χ3v) is 4.76. The third-order valence-electron chi connectivity index (χ3n) is 2.94. The van der Waals surface area contributed by atoms with E-state index in [1.54, 1.807) is 6.26 Å². The second-order valence-electron chi connectivity index (χ2n) is 4.42. The average Bonchev–Trinajstić information content (AvgIpc) is 2.73. The van der Waals surface area contributed by atoms with E-state index in [1.165, 1.54) is 0 Å². The highest BCUT2D eigenvalue weighted by Crippen LogP contribution is 2.12. The molecule has 2 rings (SSSR count). The molecule has 1 atom stereocenters. The molecule has 0 spiro atoms. The van der Waals surface area contributed by atoms with Crippen molar-refractivity contribution >= 4 is 9.84 Å². The molecule has 1 fully saturated rings. The van der Waals surface area contributed by atoms with E-state index in [-0.39, 0.29) is 11.8 Å². The fraction of sp³-hybridized carbons (Fsp3) is 0.727. The van der Waals surface area contributed by atoms with Gasteiger partial charge in [0.2, 0.25) is 0 Å². The first-order chi connectivity index (χ1) is 8.09. The van der Waals surface area contributed by atoms with Gasteiger partial charge in [-0.15, -0.1) is 0 Å².